The van der Waals surface area contributed by atoms with Gasteiger partial charge in [-0.1, -0.05) is 0 Å². The van der Waals surface area contributed by atoms with Crippen LogP contribution in [0.3, 0.4) is 0 Å². The summed E-state index contributed by atoms with van der Waals surface area (Å²) in [6.07, 6.45) is -14.9. The Labute approximate surface area is 202 Å². The van der Waals surface area contributed by atoms with Crippen molar-refractivity contribution >= 4 is 0 Å². The zero-order valence-electron chi connectivity index (χ0n) is 19.7. The molecule has 3 rings (SSSR count). The smallest absolute Gasteiger partial charge is 0.187 e. The third kappa shape index (κ3) is 5.50. The summed E-state index contributed by atoms with van der Waals surface area (Å²) < 4.78 is 22.6. The highest BCUT2D eigenvalue weighted by molar-refractivity contribution is 5.04. The highest BCUT2D eigenvalue weighted by Crippen LogP contribution is 2.34. The van der Waals surface area contributed by atoms with Crippen LogP contribution in [0.15, 0.2) is 0 Å². The third-order valence-electron chi connectivity index (χ3n) is 7.22. The molecule has 15 atom stereocenters. The number of likely N-dealkylation sites (N-methyl/N-ethyl adjacent to an activating group) is 1. The van der Waals surface area contributed by atoms with E-state index in [1.54, 1.807) is 0 Å². The first-order valence-electron chi connectivity index (χ1n) is 11.6. The van der Waals surface area contributed by atoms with Crippen molar-refractivity contribution in [1.29, 1.82) is 0 Å². The van der Waals surface area contributed by atoms with Gasteiger partial charge in [-0.05, 0) is 20.4 Å². The Morgan fingerprint density at radius 3 is 1.91 bits per heavy atom. The van der Waals surface area contributed by atoms with E-state index in [9.17, 15) is 35.7 Å². The van der Waals surface area contributed by atoms with E-state index in [-0.39, 0.29) is 13.0 Å². The normalized spacial score (nSPS) is 53.5. The number of aliphatic hydroxyl groups is 7. The van der Waals surface area contributed by atoms with E-state index in [0.29, 0.717) is 0 Å². The molecule has 3 aliphatic rings. The summed E-state index contributed by atoms with van der Waals surface area (Å²) in [6, 6.07) is -2.60. The van der Waals surface area contributed by atoms with Crippen LogP contribution in [0.1, 0.15) is 13.3 Å². The quantitative estimate of drug-likeness (QED) is 0.151. The summed E-state index contributed by atoms with van der Waals surface area (Å²) in [5, 5.41) is 75.4. The molecule has 35 heavy (non-hydrogen) atoms. The van der Waals surface area contributed by atoms with Gasteiger partial charge in [0.2, 0.25) is 0 Å². The maximum Gasteiger partial charge on any atom is 0.187 e. The number of ether oxygens (including phenoxy) is 4. The van der Waals surface area contributed by atoms with Crippen molar-refractivity contribution in [3.63, 3.8) is 0 Å². The van der Waals surface area contributed by atoms with Crippen LogP contribution in [0.25, 0.3) is 0 Å². The lowest BCUT2D eigenvalue weighted by molar-refractivity contribution is -0.339. The summed E-state index contributed by atoms with van der Waals surface area (Å²) in [4.78, 5) is 0. The molecule has 0 aromatic heterocycles. The topological polar surface area (TPSA) is 269 Å². The molecule has 2 heterocycles. The van der Waals surface area contributed by atoms with Gasteiger partial charge < -0.3 is 77.2 Å². The fraction of sp³-hybridized carbons (Fsp3) is 1.00. The van der Waals surface area contributed by atoms with Crippen molar-refractivity contribution in [1.82, 2.24) is 5.32 Å². The molecule has 15 nitrogen and oxygen atoms in total. The summed E-state index contributed by atoms with van der Waals surface area (Å²) >= 11 is 0. The van der Waals surface area contributed by atoms with Gasteiger partial charge in [0.15, 0.2) is 12.6 Å². The van der Waals surface area contributed by atoms with Crippen LogP contribution in [-0.4, -0.2) is 147 Å². The molecule has 0 aromatic carbocycles. The van der Waals surface area contributed by atoms with E-state index in [0.717, 1.165) is 0 Å². The highest BCUT2D eigenvalue weighted by atomic mass is 16.7. The lowest BCUT2D eigenvalue weighted by Gasteiger charge is -2.51. The lowest BCUT2D eigenvalue weighted by atomic mass is 9.82. The molecule has 3 fully saturated rings. The number of nitrogens with one attached hydrogen (secondary N) is 1. The Morgan fingerprint density at radius 2 is 1.43 bits per heavy atom. The summed E-state index contributed by atoms with van der Waals surface area (Å²) in [6.45, 7) is 0.662. The van der Waals surface area contributed by atoms with Crippen LogP contribution in [0.2, 0.25) is 0 Å². The standard InChI is InChI=1S/C20H40N4O11/c1-20(31)9(5-25)33-19(14(30)17(20)24-2)35-16-7(23)3-6(22)15(13(16)29)34-18-12(28)11(27)10(26)8(4-21)32-18/h6-19,24-31H,3-5,21-23H2,1-2H3. The fourth-order valence-corrected chi connectivity index (χ4v) is 5.06. The van der Waals surface area contributed by atoms with Gasteiger partial charge in [-0.15, -0.1) is 0 Å². The second-order valence-electron chi connectivity index (χ2n) is 9.66. The predicted molar refractivity (Wildman–Crippen MR) is 117 cm³/mol. The first kappa shape index (κ1) is 29.0. The van der Waals surface area contributed by atoms with E-state index in [1.807, 2.05) is 0 Å². The van der Waals surface area contributed by atoms with Gasteiger partial charge in [-0.25, -0.2) is 0 Å². The summed E-state index contributed by atoms with van der Waals surface area (Å²) in [7, 11) is 1.51. The number of rotatable bonds is 7. The van der Waals surface area contributed by atoms with Crippen molar-refractivity contribution in [3.8, 4) is 0 Å². The SMILES string of the molecule is CNC1C(O)C(OC2C(N)CC(N)C(OC3OC(CN)C(O)C(O)C3O)C2O)OC(CO)C1(C)O. The molecule has 206 valence electrons. The second-order valence-corrected chi connectivity index (χ2v) is 9.66. The fourth-order valence-electron chi connectivity index (χ4n) is 5.06. The molecule has 15 heteroatoms. The molecule has 2 saturated heterocycles. The lowest BCUT2D eigenvalue weighted by Crippen LogP contribution is -2.71. The van der Waals surface area contributed by atoms with Crippen LogP contribution in [0, 0.1) is 0 Å². The van der Waals surface area contributed by atoms with Gasteiger partial charge in [0.05, 0.1) is 12.6 Å². The molecule has 0 radical (unpaired) electrons. The average molecular weight is 513 g/mol. The van der Waals surface area contributed by atoms with Gasteiger partial charge in [-0.3, -0.25) is 0 Å². The molecule has 1 saturated carbocycles. The first-order chi connectivity index (χ1) is 16.4. The van der Waals surface area contributed by atoms with Gasteiger partial charge in [0.1, 0.15) is 60.5 Å². The van der Waals surface area contributed by atoms with Crippen molar-refractivity contribution in [3.05, 3.63) is 0 Å². The van der Waals surface area contributed by atoms with Crippen molar-refractivity contribution in [2.75, 3.05) is 20.2 Å². The van der Waals surface area contributed by atoms with Gasteiger partial charge in [-0.2, -0.15) is 0 Å². The van der Waals surface area contributed by atoms with E-state index in [2.05, 4.69) is 5.32 Å². The van der Waals surface area contributed by atoms with E-state index in [4.69, 9.17) is 36.1 Å². The maximum atomic E-state index is 11.1. The van der Waals surface area contributed by atoms with Crippen LogP contribution >= 0.6 is 0 Å². The summed E-state index contributed by atoms with van der Waals surface area (Å²) in [5.41, 5.74) is 16.2. The monoisotopic (exact) mass is 512 g/mol. The van der Waals surface area contributed by atoms with Gasteiger partial charge in [0, 0.05) is 18.6 Å². The zero-order valence-corrected chi connectivity index (χ0v) is 19.7. The Morgan fingerprint density at radius 1 is 0.886 bits per heavy atom. The average Bonchev–Trinajstić information content (AvgIpc) is 2.80. The van der Waals surface area contributed by atoms with E-state index < -0.39 is 97.8 Å². The molecule has 0 amide bonds. The third-order valence-corrected chi connectivity index (χ3v) is 7.22. The number of nitrogens with two attached hydrogens (primary N) is 3. The van der Waals surface area contributed by atoms with E-state index in [1.165, 1.54) is 14.0 Å². The predicted octanol–water partition coefficient (Wildman–Crippen LogP) is -6.64. The van der Waals surface area contributed by atoms with Crippen molar-refractivity contribution in [2.24, 2.45) is 17.2 Å². The Hall–Kier alpha value is -0.600. The minimum absolute atomic E-state index is 0.0973. The van der Waals surface area contributed by atoms with Crippen LogP contribution in [0.5, 0.6) is 0 Å². The van der Waals surface area contributed by atoms with Crippen LogP contribution in [-0.2, 0) is 18.9 Å². The molecule has 2 aliphatic heterocycles. The van der Waals surface area contributed by atoms with Gasteiger partial charge in [0.25, 0.3) is 0 Å². The maximum absolute atomic E-state index is 11.1. The molecule has 14 N–H and O–H groups in total. The summed E-state index contributed by atoms with van der Waals surface area (Å²) in [5.74, 6) is 0. The molecule has 15 unspecified atom stereocenters. The molecule has 0 aromatic rings. The highest BCUT2D eigenvalue weighted by Gasteiger charge is 2.55. The van der Waals surface area contributed by atoms with Gasteiger partial charge >= 0.3 is 0 Å². The molecule has 0 bridgehead atoms. The number of hydrogen-bond acceptors (Lipinski definition) is 15. The van der Waals surface area contributed by atoms with Crippen LogP contribution < -0.4 is 22.5 Å². The van der Waals surface area contributed by atoms with Crippen molar-refractivity contribution in [2.45, 2.75) is 105 Å². The Balaban J connectivity index is 1.75. The number of hydrogen-bond donors (Lipinski definition) is 11. The first-order valence-corrected chi connectivity index (χ1v) is 11.6. The largest absolute Gasteiger partial charge is 0.394 e. The molecular weight excluding hydrogens is 472 g/mol. The van der Waals surface area contributed by atoms with Crippen molar-refractivity contribution < 1.29 is 54.7 Å². The molecule has 0 spiro atoms. The van der Waals surface area contributed by atoms with Crippen LogP contribution in [0.4, 0.5) is 0 Å². The number of aliphatic hydroxyl groups excluding tert-OH is 6. The Kier molecular flexibility index (Phi) is 9.45. The second kappa shape index (κ2) is 11.4. The molecule has 1 aliphatic carbocycles. The minimum atomic E-state index is -1.66. The minimum Gasteiger partial charge on any atom is -0.394 e. The molecular formula is C20H40N4O11. The Bertz CT molecular complexity index is 691. The zero-order chi connectivity index (χ0) is 26.2. The van der Waals surface area contributed by atoms with E-state index >= 15 is 0 Å².